The van der Waals surface area contributed by atoms with Crippen LogP contribution in [0.4, 0.5) is 5.69 Å². The van der Waals surface area contributed by atoms with E-state index in [-0.39, 0.29) is 17.3 Å². The molecule has 0 unspecified atom stereocenters. The molecule has 0 atom stereocenters. The molecule has 0 bridgehead atoms. The lowest BCUT2D eigenvalue weighted by Crippen LogP contribution is -2.23. The third-order valence-electron chi connectivity index (χ3n) is 4.69. The summed E-state index contributed by atoms with van der Waals surface area (Å²) in [5, 5.41) is 7.07. The van der Waals surface area contributed by atoms with E-state index < -0.39 is 10.0 Å². The lowest BCUT2D eigenvalue weighted by atomic mass is 10.2. The number of aromatic nitrogens is 2. The summed E-state index contributed by atoms with van der Waals surface area (Å²) in [5.74, 6) is 0.185. The van der Waals surface area contributed by atoms with Gasteiger partial charge in [0.15, 0.2) is 0 Å². The van der Waals surface area contributed by atoms with Crippen molar-refractivity contribution in [2.45, 2.75) is 18.4 Å². The largest absolute Gasteiger partial charge is 0.468 e. The van der Waals surface area contributed by atoms with Crippen molar-refractivity contribution in [3.63, 3.8) is 0 Å². The summed E-state index contributed by atoms with van der Waals surface area (Å²) in [4.78, 5) is 12.8. The number of sulfonamides is 1. The minimum absolute atomic E-state index is 0.0541. The number of carbonyl (C=O) groups is 1. The van der Waals surface area contributed by atoms with Gasteiger partial charge < -0.3 is 9.73 Å². The third kappa shape index (κ3) is 4.57. The molecule has 0 aliphatic carbocycles. The molecule has 0 saturated carbocycles. The van der Waals surface area contributed by atoms with Crippen molar-refractivity contribution >= 4 is 21.6 Å². The van der Waals surface area contributed by atoms with Gasteiger partial charge in [0.05, 0.1) is 40.8 Å². The van der Waals surface area contributed by atoms with Gasteiger partial charge in [-0.05, 0) is 55.5 Å². The van der Waals surface area contributed by atoms with Crippen LogP contribution in [0.2, 0.25) is 0 Å². The Hall–Kier alpha value is -3.69. The quantitative estimate of drug-likeness (QED) is 0.461. The van der Waals surface area contributed by atoms with Gasteiger partial charge in [0, 0.05) is 5.69 Å². The van der Waals surface area contributed by atoms with Gasteiger partial charge in [-0.1, -0.05) is 18.2 Å². The molecular formula is C22H20N4O4S. The topological polar surface area (TPSA) is 106 Å². The second-order valence-electron chi connectivity index (χ2n) is 6.77. The molecule has 4 aromatic rings. The Bertz CT molecular complexity index is 1280. The number of anilines is 1. The zero-order chi connectivity index (χ0) is 21.8. The maximum absolute atomic E-state index is 12.7. The fourth-order valence-corrected chi connectivity index (χ4v) is 4.03. The molecular weight excluding hydrogens is 416 g/mol. The van der Waals surface area contributed by atoms with Gasteiger partial charge in [-0.15, -0.1) is 0 Å². The van der Waals surface area contributed by atoms with Crippen LogP contribution in [0.3, 0.4) is 0 Å². The van der Waals surface area contributed by atoms with Crippen LogP contribution in [-0.4, -0.2) is 24.1 Å². The normalized spacial score (nSPS) is 11.4. The molecule has 0 saturated heterocycles. The Balaban J connectivity index is 1.44. The molecule has 2 aromatic carbocycles. The first-order valence-electron chi connectivity index (χ1n) is 9.47. The zero-order valence-electron chi connectivity index (χ0n) is 16.6. The first kappa shape index (κ1) is 20.6. The number of carbonyl (C=O) groups excluding carboxylic acids is 1. The molecule has 0 aliphatic rings. The average Bonchev–Trinajstić information content (AvgIpc) is 3.43. The minimum atomic E-state index is -3.70. The number of furan rings is 1. The Kier molecular flexibility index (Phi) is 5.70. The van der Waals surface area contributed by atoms with Crippen LogP contribution in [-0.2, 0) is 16.6 Å². The Morgan fingerprint density at radius 3 is 2.45 bits per heavy atom. The van der Waals surface area contributed by atoms with Crippen molar-refractivity contribution in [3.8, 4) is 5.69 Å². The monoisotopic (exact) mass is 436 g/mol. The van der Waals surface area contributed by atoms with Crippen LogP contribution in [0.25, 0.3) is 5.69 Å². The fraction of sp³-hybridized carbons (Fsp3) is 0.0909. The Morgan fingerprint density at radius 1 is 1.03 bits per heavy atom. The predicted octanol–water partition coefficient (Wildman–Crippen LogP) is 3.50. The molecule has 0 aliphatic heterocycles. The number of benzene rings is 2. The molecule has 1 amide bonds. The molecule has 2 N–H and O–H groups in total. The lowest BCUT2D eigenvalue weighted by Gasteiger charge is -2.08. The number of hydrogen-bond acceptors (Lipinski definition) is 5. The maximum atomic E-state index is 12.7. The highest BCUT2D eigenvalue weighted by Crippen LogP contribution is 2.18. The van der Waals surface area contributed by atoms with E-state index in [0.29, 0.717) is 22.7 Å². The number of rotatable bonds is 7. The van der Waals surface area contributed by atoms with Gasteiger partial charge in [-0.3, -0.25) is 4.79 Å². The first-order chi connectivity index (χ1) is 14.9. The van der Waals surface area contributed by atoms with Crippen LogP contribution in [0, 0.1) is 6.92 Å². The van der Waals surface area contributed by atoms with E-state index in [2.05, 4.69) is 15.1 Å². The highest BCUT2D eigenvalue weighted by molar-refractivity contribution is 7.89. The zero-order valence-corrected chi connectivity index (χ0v) is 17.5. The van der Waals surface area contributed by atoms with E-state index in [0.717, 1.165) is 5.69 Å². The van der Waals surface area contributed by atoms with E-state index in [9.17, 15) is 13.2 Å². The van der Waals surface area contributed by atoms with Crippen LogP contribution in [0.15, 0.2) is 88.5 Å². The van der Waals surface area contributed by atoms with Crippen LogP contribution in [0.5, 0.6) is 0 Å². The van der Waals surface area contributed by atoms with Gasteiger partial charge in [-0.25, -0.2) is 17.8 Å². The van der Waals surface area contributed by atoms with Gasteiger partial charge in [0.2, 0.25) is 10.0 Å². The van der Waals surface area contributed by atoms with E-state index in [1.807, 2.05) is 37.3 Å². The number of amides is 1. The smallest absolute Gasteiger partial charge is 0.259 e. The first-order valence-corrected chi connectivity index (χ1v) is 11.0. The van der Waals surface area contributed by atoms with Gasteiger partial charge in [0.1, 0.15) is 5.76 Å². The van der Waals surface area contributed by atoms with Crippen molar-refractivity contribution < 1.29 is 17.6 Å². The number of para-hydroxylation sites is 1. The highest BCUT2D eigenvalue weighted by Gasteiger charge is 2.17. The molecule has 4 rings (SSSR count). The summed E-state index contributed by atoms with van der Waals surface area (Å²) in [6.07, 6.45) is 2.99. The van der Waals surface area contributed by atoms with Crippen LogP contribution in [0.1, 0.15) is 21.8 Å². The number of nitrogens with one attached hydrogen (secondary N) is 2. The predicted molar refractivity (Wildman–Crippen MR) is 115 cm³/mol. The number of hydrogen-bond donors (Lipinski definition) is 2. The molecule has 0 spiro atoms. The van der Waals surface area contributed by atoms with Crippen molar-refractivity contribution in [1.82, 2.24) is 14.5 Å². The standard InChI is InChI=1S/C22H20N4O4S/c1-16-21(15-23-26(16)18-6-3-2-4-7-18)22(27)25-17-9-11-20(12-10-17)31(28,29)24-14-19-8-5-13-30-19/h2-13,15,24H,14H2,1H3,(H,25,27). The average molecular weight is 436 g/mol. The molecule has 0 radical (unpaired) electrons. The maximum Gasteiger partial charge on any atom is 0.259 e. The van der Waals surface area contributed by atoms with E-state index in [1.165, 1.54) is 36.7 Å². The summed E-state index contributed by atoms with van der Waals surface area (Å²) >= 11 is 0. The van der Waals surface area contributed by atoms with E-state index in [1.54, 1.807) is 16.8 Å². The third-order valence-corrected chi connectivity index (χ3v) is 6.11. The van der Waals surface area contributed by atoms with E-state index >= 15 is 0 Å². The minimum Gasteiger partial charge on any atom is -0.468 e. The van der Waals surface area contributed by atoms with Crippen molar-refractivity contribution in [1.29, 1.82) is 0 Å². The van der Waals surface area contributed by atoms with Gasteiger partial charge in [-0.2, -0.15) is 5.10 Å². The number of nitrogens with zero attached hydrogens (tertiary/aromatic N) is 2. The summed E-state index contributed by atoms with van der Waals surface area (Å²) in [5.41, 5.74) is 2.46. The van der Waals surface area contributed by atoms with Crippen molar-refractivity contribution in [2.75, 3.05) is 5.32 Å². The summed E-state index contributed by atoms with van der Waals surface area (Å²) in [6.45, 7) is 1.87. The highest BCUT2D eigenvalue weighted by atomic mass is 32.2. The fourth-order valence-electron chi connectivity index (χ4n) is 3.04. The SMILES string of the molecule is Cc1c(C(=O)Nc2ccc(S(=O)(=O)NCc3ccco3)cc2)cnn1-c1ccccc1. The van der Waals surface area contributed by atoms with Gasteiger partial charge in [0.25, 0.3) is 5.91 Å². The second-order valence-corrected chi connectivity index (χ2v) is 8.54. The van der Waals surface area contributed by atoms with Crippen LogP contribution >= 0.6 is 0 Å². The molecule has 8 nitrogen and oxygen atoms in total. The molecule has 0 fully saturated rings. The Labute approximate surface area is 179 Å². The van der Waals surface area contributed by atoms with Crippen molar-refractivity contribution in [3.05, 3.63) is 96.2 Å². The van der Waals surface area contributed by atoms with Crippen LogP contribution < -0.4 is 10.0 Å². The lowest BCUT2D eigenvalue weighted by molar-refractivity contribution is 0.102. The molecule has 31 heavy (non-hydrogen) atoms. The Morgan fingerprint density at radius 2 is 1.77 bits per heavy atom. The van der Waals surface area contributed by atoms with E-state index in [4.69, 9.17) is 4.42 Å². The molecule has 2 aromatic heterocycles. The van der Waals surface area contributed by atoms with Crippen molar-refractivity contribution in [2.24, 2.45) is 0 Å². The second kappa shape index (κ2) is 8.58. The summed E-state index contributed by atoms with van der Waals surface area (Å²) in [7, 11) is -3.70. The molecule has 2 heterocycles. The molecule has 158 valence electrons. The molecule has 9 heteroatoms. The van der Waals surface area contributed by atoms with Gasteiger partial charge >= 0.3 is 0 Å². The summed E-state index contributed by atoms with van der Waals surface area (Å²) < 4.78 is 34.1. The summed E-state index contributed by atoms with van der Waals surface area (Å²) in [6, 6.07) is 18.8.